The normalized spacial score (nSPS) is 27.6. The first-order valence-electron chi connectivity index (χ1n) is 13.9. The molecule has 2 aromatic rings. The molecular formula is C29H37N5O5S. The fourth-order valence-electron chi connectivity index (χ4n) is 6.59. The molecule has 214 valence electrons. The van der Waals surface area contributed by atoms with E-state index in [0.29, 0.717) is 13.0 Å². The van der Waals surface area contributed by atoms with Crippen LogP contribution in [0.15, 0.2) is 49.6 Å². The minimum absolute atomic E-state index is 0.0800. The molecule has 3 aliphatic rings. The van der Waals surface area contributed by atoms with E-state index < -0.39 is 28.7 Å². The largest absolute Gasteiger partial charge is 0.465 e. The number of esters is 1. The lowest BCUT2D eigenvalue weighted by Crippen LogP contribution is -2.57. The lowest BCUT2D eigenvalue weighted by molar-refractivity contribution is -0.154. The predicted octanol–water partition coefficient (Wildman–Crippen LogP) is 2.77. The van der Waals surface area contributed by atoms with E-state index in [2.05, 4.69) is 23.5 Å². The molecule has 11 heteroatoms. The number of thioether (sulfide) groups is 1. The number of hydrogen-bond acceptors (Lipinski definition) is 8. The fraction of sp³-hybridized carbons (Fsp3) is 0.552. The second-order valence-corrected chi connectivity index (χ2v) is 12.5. The smallest absolute Gasteiger partial charge is 0.310 e. The van der Waals surface area contributed by atoms with Crippen molar-refractivity contribution in [1.29, 1.82) is 0 Å². The molecule has 0 radical (unpaired) electrons. The van der Waals surface area contributed by atoms with Gasteiger partial charge < -0.3 is 19.6 Å². The molecule has 1 aromatic carbocycles. The summed E-state index contributed by atoms with van der Waals surface area (Å²) in [5, 5.41) is 18.5. The van der Waals surface area contributed by atoms with Crippen molar-refractivity contribution in [1.82, 2.24) is 24.8 Å². The highest BCUT2D eigenvalue weighted by atomic mass is 32.2. The molecule has 1 N–H and O–H groups in total. The Bertz CT molecular complexity index is 1300. The Morgan fingerprint density at radius 2 is 2.10 bits per heavy atom. The van der Waals surface area contributed by atoms with E-state index in [9.17, 15) is 19.5 Å². The summed E-state index contributed by atoms with van der Waals surface area (Å²) >= 11 is 1.58. The monoisotopic (exact) mass is 567 g/mol. The summed E-state index contributed by atoms with van der Waals surface area (Å²) in [5.41, 5.74) is 1.50. The van der Waals surface area contributed by atoms with Gasteiger partial charge in [0.05, 0.1) is 41.4 Å². The summed E-state index contributed by atoms with van der Waals surface area (Å²) in [5.74, 6) is -2.14. The van der Waals surface area contributed by atoms with Crippen LogP contribution in [0.1, 0.15) is 39.0 Å². The van der Waals surface area contributed by atoms with Gasteiger partial charge >= 0.3 is 5.97 Å². The van der Waals surface area contributed by atoms with Gasteiger partial charge in [-0.2, -0.15) is 0 Å². The number of aliphatic hydroxyl groups excluding tert-OH is 1. The second kappa shape index (κ2) is 11.7. The van der Waals surface area contributed by atoms with Crippen molar-refractivity contribution in [2.24, 2.45) is 11.8 Å². The van der Waals surface area contributed by atoms with Crippen molar-refractivity contribution < 1.29 is 24.2 Å². The first-order valence-corrected chi connectivity index (χ1v) is 14.8. The standard InChI is InChI=1S/C29H37N5O5S/c1-4-6-7-10-16-39-28(38)23-22-13-14-29(40-22)24(23)26(36)34(19(3)17-35)25(29)27(37)32(15-5-2)18-33-21-12-9-8-11-20(21)30-31-33/h4-5,8-9,11-12,19,22-25,35H,1-2,6-7,10,13-18H2,3H3/t19-,22-,23+,24+,25?,29?/m1/s1. The Kier molecular flexibility index (Phi) is 8.32. The quantitative estimate of drug-likeness (QED) is 0.223. The van der Waals surface area contributed by atoms with Crippen LogP contribution in [0.3, 0.4) is 0 Å². The van der Waals surface area contributed by atoms with E-state index in [0.717, 1.165) is 36.7 Å². The van der Waals surface area contributed by atoms with Crippen molar-refractivity contribution in [3.05, 3.63) is 49.6 Å². The molecule has 1 spiro atoms. The average Bonchev–Trinajstić information content (AvgIpc) is 3.71. The molecule has 3 fully saturated rings. The third-order valence-electron chi connectivity index (χ3n) is 8.42. The Labute approximate surface area is 238 Å². The minimum atomic E-state index is -0.831. The molecule has 3 aliphatic heterocycles. The SMILES string of the molecule is C=CCCCCOC(=O)[C@@H]1[C@H]2C(=O)N([C@H](C)CO)C(C(=O)N(CC=C)Cn3nnc4ccccc43)C23CC[C@H]1S3. The Morgan fingerprint density at radius 3 is 2.85 bits per heavy atom. The number of carbonyl (C=O) groups excluding carboxylic acids is 3. The number of hydrogen-bond donors (Lipinski definition) is 1. The Morgan fingerprint density at radius 1 is 1.30 bits per heavy atom. The van der Waals surface area contributed by atoms with E-state index in [-0.39, 0.29) is 42.9 Å². The lowest BCUT2D eigenvalue weighted by Gasteiger charge is -2.38. The van der Waals surface area contributed by atoms with Gasteiger partial charge in [-0.3, -0.25) is 14.4 Å². The highest BCUT2D eigenvalue weighted by Gasteiger charge is 2.74. The number of amides is 2. The van der Waals surface area contributed by atoms with Gasteiger partial charge in [-0.05, 0) is 51.2 Å². The number of carbonyl (C=O) groups is 3. The van der Waals surface area contributed by atoms with Crippen LogP contribution in [0, 0.1) is 11.8 Å². The van der Waals surface area contributed by atoms with E-state index in [1.165, 1.54) is 4.90 Å². The minimum Gasteiger partial charge on any atom is -0.465 e. The number of likely N-dealkylation sites (tertiary alicyclic amines) is 1. The van der Waals surface area contributed by atoms with E-state index in [4.69, 9.17) is 4.74 Å². The third-order valence-corrected chi connectivity index (χ3v) is 10.4. The second-order valence-electron chi connectivity index (χ2n) is 10.9. The van der Waals surface area contributed by atoms with Crippen LogP contribution >= 0.6 is 11.8 Å². The topological polar surface area (TPSA) is 118 Å². The maximum Gasteiger partial charge on any atom is 0.310 e. The number of para-hydroxylation sites is 1. The van der Waals surface area contributed by atoms with Gasteiger partial charge in [-0.1, -0.05) is 29.5 Å². The number of unbranched alkanes of at least 4 members (excludes halogenated alkanes) is 2. The number of ether oxygens (including phenoxy) is 1. The zero-order valence-corrected chi connectivity index (χ0v) is 23.7. The number of fused-ring (bicyclic) bond motifs is 2. The molecule has 2 amide bonds. The van der Waals surface area contributed by atoms with Crippen molar-refractivity contribution in [2.75, 3.05) is 19.8 Å². The van der Waals surface area contributed by atoms with Gasteiger partial charge in [0.2, 0.25) is 11.8 Å². The van der Waals surface area contributed by atoms with Crippen molar-refractivity contribution >= 4 is 40.6 Å². The summed E-state index contributed by atoms with van der Waals surface area (Å²) in [7, 11) is 0. The number of aliphatic hydroxyl groups is 1. The van der Waals surface area contributed by atoms with E-state index >= 15 is 0 Å². The van der Waals surface area contributed by atoms with Crippen LogP contribution in [0.25, 0.3) is 11.0 Å². The average molecular weight is 568 g/mol. The van der Waals surface area contributed by atoms with Gasteiger partial charge in [0.1, 0.15) is 18.2 Å². The molecule has 4 heterocycles. The zero-order valence-electron chi connectivity index (χ0n) is 22.9. The van der Waals surface area contributed by atoms with Crippen LogP contribution in [0.4, 0.5) is 0 Å². The van der Waals surface area contributed by atoms with Gasteiger partial charge in [0.15, 0.2) is 0 Å². The highest BCUT2D eigenvalue weighted by Crippen LogP contribution is 2.66. The van der Waals surface area contributed by atoms with Gasteiger partial charge in [-0.15, -0.1) is 30.0 Å². The van der Waals surface area contributed by atoms with Crippen LogP contribution in [0.2, 0.25) is 0 Å². The molecule has 1 aromatic heterocycles. The zero-order chi connectivity index (χ0) is 28.4. The molecule has 0 saturated carbocycles. The van der Waals surface area contributed by atoms with E-state index in [1.54, 1.807) is 34.3 Å². The van der Waals surface area contributed by atoms with Gasteiger partial charge in [0, 0.05) is 11.8 Å². The lowest BCUT2D eigenvalue weighted by atomic mass is 9.71. The highest BCUT2D eigenvalue weighted by molar-refractivity contribution is 8.02. The molecule has 0 aliphatic carbocycles. The first kappa shape index (κ1) is 28.4. The summed E-state index contributed by atoms with van der Waals surface area (Å²) in [6.45, 7) is 9.68. The number of rotatable bonds is 13. The number of aromatic nitrogens is 3. The number of benzene rings is 1. The molecule has 6 atom stereocenters. The van der Waals surface area contributed by atoms with Crippen molar-refractivity contribution in [3.63, 3.8) is 0 Å². The molecule has 10 nitrogen and oxygen atoms in total. The van der Waals surface area contributed by atoms with Gasteiger partial charge in [0.25, 0.3) is 0 Å². The molecular weight excluding hydrogens is 530 g/mol. The summed E-state index contributed by atoms with van der Waals surface area (Å²) in [6.07, 6.45) is 7.32. The van der Waals surface area contributed by atoms with Crippen molar-refractivity contribution in [2.45, 2.75) is 67.8 Å². The molecule has 2 bridgehead atoms. The predicted molar refractivity (Wildman–Crippen MR) is 152 cm³/mol. The summed E-state index contributed by atoms with van der Waals surface area (Å²) in [6, 6.07) is 6.09. The number of nitrogens with zero attached hydrogens (tertiary/aromatic N) is 5. The maximum absolute atomic E-state index is 14.5. The molecule has 3 saturated heterocycles. The fourth-order valence-corrected chi connectivity index (χ4v) is 8.78. The molecule has 40 heavy (non-hydrogen) atoms. The Balaban J connectivity index is 1.44. The molecule has 2 unspecified atom stereocenters. The maximum atomic E-state index is 14.5. The van der Waals surface area contributed by atoms with Crippen LogP contribution in [-0.2, 0) is 25.8 Å². The third kappa shape index (κ3) is 4.72. The summed E-state index contributed by atoms with van der Waals surface area (Å²) in [4.78, 5) is 45.0. The van der Waals surface area contributed by atoms with Crippen LogP contribution < -0.4 is 0 Å². The Hall–Kier alpha value is -3.18. The molecule has 5 rings (SSSR count). The summed E-state index contributed by atoms with van der Waals surface area (Å²) < 4.78 is 6.56. The van der Waals surface area contributed by atoms with Crippen LogP contribution in [-0.4, -0.2) is 89.5 Å². The number of allylic oxidation sites excluding steroid dienone is 1. The van der Waals surface area contributed by atoms with E-state index in [1.807, 2.05) is 30.3 Å². The van der Waals surface area contributed by atoms with Crippen molar-refractivity contribution in [3.8, 4) is 0 Å². The van der Waals surface area contributed by atoms with Gasteiger partial charge in [-0.25, -0.2) is 4.68 Å². The first-order chi connectivity index (χ1) is 19.4. The van der Waals surface area contributed by atoms with Crippen LogP contribution in [0.5, 0.6) is 0 Å².